The Kier molecular flexibility index (Phi) is 5.48. The van der Waals surface area contributed by atoms with E-state index in [2.05, 4.69) is 20.6 Å². The van der Waals surface area contributed by atoms with Crippen molar-refractivity contribution in [1.82, 2.24) is 9.97 Å². The molecule has 2 heterocycles. The van der Waals surface area contributed by atoms with E-state index in [1.54, 1.807) is 42.7 Å². The molecule has 0 bridgehead atoms. The number of benzene rings is 1. The lowest BCUT2D eigenvalue weighted by Gasteiger charge is -2.09. The summed E-state index contributed by atoms with van der Waals surface area (Å²) in [5.41, 5.74) is 2.52. The molecule has 0 radical (unpaired) electrons. The van der Waals surface area contributed by atoms with Gasteiger partial charge in [-0.15, -0.1) is 0 Å². The number of halogens is 2. The monoisotopic (exact) mass is 372 g/mol. The molecule has 0 aliphatic heterocycles. The number of carbonyl (C=O) groups excluding carboxylic acids is 1. The van der Waals surface area contributed by atoms with Crippen molar-refractivity contribution in [3.63, 3.8) is 0 Å². The minimum absolute atomic E-state index is 0.289. The molecular weight excluding hydrogens is 359 g/mol. The molecule has 1 aromatic carbocycles. The molecule has 0 aliphatic rings. The highest BCUT2D eigenvalue weighted by Gasteiger charge is 2.09. The average molecular weight is 373 g/mol. The van der Waals surface area contributed by atoms with E-state index >= 15 is 0 Å². The smallest absolute Gasteiger partial charge is 0.274 e. The normalized spacial score (nSPS) is 10.3. The zero-order valence-corrected chi connectivity index (χ0v) is 14.6. The van der Waals surface area contributed by atoms with Gasteiger partial charge < -0.3 is 10.6 Å². The number of anilines is 2. The Bertz CT molecular complexity index is 887. The standard InChI is InChI=1S/C18H14Cl2N4O/c19-15-5-4-13(9-16(15)20)24-18(25)17-10-12(6-8-22-17)23-11-14-3-1-2-7-21-14/h1-10H,11H2,(H,22,23)(H,24,25). The number of aromatic nitrogens is 2. The van der Waals surface area contributed by atoms with Crippen LogP contribution in [-0.2, 0) is 6.54 Å². The first kappa shape index (κ1) is 17.2. The van der Waals surface area contributed by atoms with E-state index in [1.807, 2.05) is 18.2 Å². The Balaban J connectivity index is 1.67. The Labute approximate surface area is 155 Å². The fourth-order valence-electron chi connectivity index (χ4n) is 2.13. The van der Waals surface area contributed by atoms with Gasteiger partial charge in [-0.2, -0.15) is 0 Å². The Morgan fingerprint density at radius 1 is 0.920 bits per heavy atom. The van der Waals surface area contributed by atoms with Gasteiger partial charge in [0.05, 0.1) is 22.3 Å². The van der Waals surface area contributed by atoms with Crippen molar-refractivity contribution >= 4 is 40.5 Å². The molecule has 0 saturated heterocycles. The molecule has 2 N–H and O–H groups in total. The second kappa shape index (κ2) is 7.96. The van der Waals surface area contributed by atoms with E-state index in [0.717, 1.165) is 11.4 Å². The summed E-state index contributed by atoms with van der Waals surface area (Å²) in [4.78, 5) is 20.7. The van der Waals surface area contributed by atoms with Gasteiger partial charge in [0.25, 0.3) is 5.91 Å². The molecule has 25 heavy (non-hydrogen) atoms. The first-order chi connectivity index (χ1) is 12.1. The lowest BCUT2D eigenvalue weighted by Crippen LogP contribution is -2.14. The van der Waals surface area contributed by atoms with Gasteiger partial charge in [0.1, 0.15) is 5.69 Å². The number of nitrogens with zero attached hydrogens (tertiary/aromatic N) is 2. The molecule has 0 unspecified atom stereocenters. The molecule has 0 aliphatic carbocycles. The van der Waals surface area contributed by atoms with Gasteiger partial charge in [-0.05, 0) is 42.5 Å². The van der Waals surface area contributed by atoms with Crippen LogP contribution in [0.4, 0.5) is 11.4 Å². The van der Waals surface area contributed by atoms with Crippen LogP contribution in [0.1, 0.15) is 16.2 Å². The van der Waals surface area contributed by atoms with Crippen molar-refractivity contribution in [2.45, 2.75) is 6.54 Å². The third-order valence-corrected chi connectivity index (χ3v) is 4.11. The lowest BCUT2D eigenvalue weighted by molar-refractivity contribution is 0.102. The molecule has 126 valence electrons. The summed E-state index contributed by atoms with van der Waals surface area (Å²) in [5, 5.41) is 6.76. The number of rotatable bonds is 5. The molecule has 0 saturated carbocycles. The SMILES string of the molecule is O=C(Nc1ccc(Cl)c(Cl)c1)c1cc(NCc2ccccn2)ccn1. The number of nitrogens with one attached hydrogen (secondary N) is 2. The quantitative estimate of drug-likeness (QED) is 0.683. The fraction of sp³-hybridized carbons (Fsp3) is 0.0556. The summed E-state index contributed by atoms with van der Waals surface area (Å²) in [5.74, 6) is -0.333. The highest BCUT2D eigenvalue weighted by atomic mass is 35.5. The maximum absolute atomic E-state index is 12.3. The summed E-state index contributed by atoms with van der Waals surface area (Å²) >= 11 is 11.8. The summed E-state index contributed by atoms with van der Waals surface area (Å²) in [6.07, 6.45) is 3.31. The van der Waals surface area contributed by atoms with Crippen LogP contribution in [0, 0.1) is 0 Å². The van der Waals surface area contributed by atoms with Crippen LogP contribution in [0.5, 0.6) is 0 Å². The topological polar surface area (TPSA) is 66.9 Å². The molecule has 1 amide bonds. The van der Waals surface area contributed by atoms with Crippen LogP contribution >= 0.6 is 23.2 Å². The van der Waals surface area contributed by atoms with Crippen molar-refractivity contribution in [1.29, 1.82) is 0 Å². The fourth-order valence-corrected chi connectivity index (χ4v) is 2.43. The molecule has 5 nitrogen and oxygen atoms in total. The molecule has 0 fully saturated rings. The van der Waals surface area contributed by atoms with Gasteiger partial charge in [0.2, 0.25) is 0 Å². The Hall–Kier alpha value is -2.63. The van der Waals surface area contributed by atoms with Crippen LogP contribution in [0.15, 0.2) is 60.9 Å². The van der Waals surface area contributed by atoms with Crippen molar-refractivity contribution in [2.75, 3.05) is 10.6 Å². The van der Waals surface area contributed by atoms with Crippen molar-refractivity contribution in [2.24, 2.45) is 0 Å². The lowest BCUT2D eigenvalue weighted by atomic mass is 10.2. The Morgan fingerprint density at radius 2 is 1.80 bits per heavy atom. The number of hydrogen-bond donors (Lipinski definition) is 2. The summed E-state index contributed by atoms with van der Waals surface area (Å²) in [6, 6.07) is 14.1. The highest BCUT2D eigenvalue weighted by Crippen LogP contribution is 2.25. The minimum atomic E-state index is -0.333. The number of carbonyl (C=O) groups is 1. The van der Waals surface area contributed by atoms with Gasteiger partial charge in [-0.25, -0.2) is 0 Å². The minimum Gasteiger partial charge on any atom is -0.379 e. The average Bonchev–Trinajstić information content (AvgIpc) is 2.64. The summed E-state index contributed by atoms with van der Waals surface area (Å²) < 4.78 is 0. The van der Waals surface area contributed by atoms with E-state index in [4.69, 9.17) is 23.2 Å². The van der Waals surface area contributed by atoms with Gasteiger partial charge in [-0.3, -0.25) is 14.8 Å². The molecule has 2 aromatic heterocycles. The second-order valence-electron chi connectivity index (χ2n) is 5.19. The number of pyridine rings is 2. The van der Waals surface area contributed by atoms with Gasteiger partial charge in [0, 0.05) is 23.8 Å². The predicted octanol–water partition coefficient (Wildman–Crippen LogP) is 4.65. The third kappa shape index (κ3) is 4.68. The zero-order chi connectivity index (χ0) is 17.6. The summed E-state index contributed by atoms with van der Waals surface area (Å²) in [7, 11) is 0. The van der Waals surface area contributed by atoms with Gasteiger partial charge in [0.15, 0.2) is 0 Å². The Morgan fingerprint density at radius 3 is 2.56 bits per heavy atom. The van der Waals surface area contributed by atoms with Crippen LogP contribution in [-0.4, -0.2) is 15.9 Å². The van der Waals surface area contributed by atoms with Crippen molar-refractivity contribution < 1.29 is 4.79 Å². The van der Waals surface area contributed by atoms with Crippen molar-refractivity contribution in [3.8, 4) is 0 Å². The summed E-state index contributed by atoms with van der Waals surface area (Å²) in [6.45, 7) is 0.554. The molecule has 7 heteroatoms. The molecule has 3 aromatic rings. The van der Waals surface area contributed by atoms with Gasteiger partial charge in [-0.1, -0.05) is 29.3 Å². The maximum Gasteiger partial charge on any atom is 0.274 e. The van der Waals surface area contributed by atoms with Crippen LogP contribution < -0.4 is 10.6 Å². The van der Waals surface area contributed by atoms with Crippen LogP contribution in [0.3, 0.4) is 0 Å². The number of amides is 1. The van der Waals surface area contributed by atoms with E-state index in [0.29, 0.717) is 22.3 Å². The number of hydrogen-bond acceptors (Lipinski definition) is 4. The third-order valence-electron chi connectivity index (χ3n) is 3.37. The molecule has 0 atom stereocenters. The van der Waals surface area contributed by atoms with E-state index in [-0.39, 0.29) is 11.6 Å². The molecular formula is C18H14Cl2N4O. The van der Waals surface area contributed by atoms with E-state index in [9.17, 15) is 4.79 Å². The van der Waals surface area contributed by atoms with Gasteiger partial charge >= 0.3 is 0 Å². The maximum atomic E-state index is 12.3. The van der Waals surface area contributed by atoms with Crippen molar-refractivity contribution in [3.05, 3.63) is 82.4 Å². The van der Waals surface area contributed by atoms with E-state index in [1.165, 1.54) is 0 Å². The first-order valence-electron chi connectivity index (χ1n) is 7.48. The second-order valence-corrected chi connectivity index (χ2v) is 6.00. The first-order valence-corrected chi connectivity index (χ1v) is 8.23. The predicted molar refractivity (Wildman–Crippen MR) is 100 cm³/mol. The molecule has 0 spiro atoms. The molecule has 3 rings (SSSR count). The highest BCUT2D eigenvalue weighted by molar-refractivity contribution is 6.42. The van der Waals surface area contributed by atoms with Crippen LogP contribution in [0.25, 0.3) is 0 Å². The van der Waals surface area contributed by atoms with E-state index < -0.39 is 0 Å². The van der Waals surface area contributed by atoms with Crippen LogP contribution in [0.2, 0.25) is 10.0 Å². The zero-order valence-electron chi connectivity index (χ0n) is 13.0. The largest absolute Gasteiger partial charge is 0.379 e.